The Kier molecular flexibility index (Phi) is 10.2. The number of carbonyl (C=O) groups excluding carboxylic acids is 3. The number of amides is 3. The Balaban J connectivity index is 2.61. The average molecular weight is 444 g/mol. The summed E-state index contributed by atoms with van der Waals surface area (Å²) < 4.78 is 14.9. The van der Waals surface area contributed by atoms with Gasteiger partial charge in [0.05, 0.1) is 13.2 Å². The summed E-state index contributed by atoms with van der Waals surface area (Å²) in [5.41, 5.74) is 0.239. The number of hydrogen-bond donors (Lipinski definition) is 0. The summed E-state index contributed by atoms with van der Waals surface area (Å²) >= 11 is 0. The summed E-state index contributed by atoms with van der Waals surface area (Å²) in [6.45, 7) is 10.8. The molecule has 0 bridgehead atoms. The topological polar surface area (TPSA) is 128 Å². The predicted octanol–water partition coefficient (Wildman–Crippen LogP) is 5.08. The first kappa shape index (κ1) is 26.4. The molecule has 0 saturated heterocycles. The van der Waals surface area contributed by atoms with Gasteiger partial charge in [-0.05, 0) is 52.7 Å². The molecule has 0 saturated carbocycles. The zero-order valence-electron chi connectivity index (χ0n) is 19.2. The molecule has 0 aliphatic carbocycles. The maximum absolute atomic E-state index is 11.9. The van der Waals surface area contributed by atoms with Gasteiger partial charge in [0.1, 0.15) is 23.2 Å². The molecule has 1 aromatic rings. The predicted molar refractivity (Wildman–Crippen MR) is 117 cm³/mol. The fourth-order valence-electron chi connectivity index (χ4n) is 2.30. The highest BCUT2D eigenvalue weighted by Gasteiger charge is 2.23. The van der Waals surface area contributed by atoms with E-state index in [0.717, 1.165) is 11.1 Å². The van der Waals surface area contributed by atoms with Crippen LogP contribution >= 0.6 is 0 Å². The third kappa shape index (κ3) is 12.2. The van der Waals surface area contributed by atoms with Gasteiger partial charge < -0.3 is 14.2 Å². The molecule has 1 rings (SSSR count). The van der Waals surface area contributed by atoms with Crippen LogP contribution in [0.25, 0.3) is 0 Å². The van der Waals surface area contributed by atoms with Gasteiger partial charge in [0.25, 0.3) is 0 Å². The van der Waals surface area contributed by atoms with Gasteiger partial charge >= 0.3 is 18.3 Å². The van der Waals surface area contributed by atoms with Gasteiger partial charge in [0.2, 0.25) is 0 Å². The van der Waals surface area contributed by atoms with Crippen LogP contribution in [0.15, 0.2) is 44.2 Å². The Morgan fingerprint density at radius 1 is 0.812 bits per heavy atom. The van der Waals surface area contributed by atoms with E-state index in [-0.39, 0.29) is 6.61 Å². The van der Waals surface area contributed by atoms with Gasteiger partial charge in [-0.15, -0.1) is 15.0 Å². The zero-order valence-corrected chi connectivity index (χ0v) is 19.2. The lowest BCUT2D eigenvalue weighted by atomic mass is 9.97. The number of ether oxygens (including phenoxy) is 3. The molecule has 0 aliphatic heterocycles. The molecule has 1 aromatic carbocycles. The fourth-order valence-corrected chi connectivity index (χ4v) is 2.30. The maximum atomic E-state index is 11.9. The standard InChI is InChI=1S/C22H28N4O6/c1-7-30-18(27)24-14-23-13-17-10-8-16(9-11-17)12-22(5,6)32-20(29)26-15-25-19(28)31-21(2,3)4/h8-11H,7,12-13H2,1-6H3. The number of rotatable bonds is 6. The van der Waals surface area contributed by atoms with Gasteiger partial charge in [-0.3, -0.25) is 0 Å². The molecule has 10 nitrogen and oxygen atoms in total. The molecule has 0 N–H and O–H groups in total. The van der Waals surface area contributed by atoms with E-state index < -0.39 is 29.5 Å². The van der Waals surface area contributed by atoms with E-state index in [4.69, 9.17) is 9.47 Å². The average Bonchev–Trinajstić information content (AvgIpc) is 2.64. The Labute approximate surface area is 187 Å². The van der Waals surface area contributed by atoms with E-state index in [2.05, 4.69) is 30.7 Å². The Hall–Kier alpha value is -3.61. The van der Waals surface area contributed by atoms with Crippen molar-refractivity contribution in [2.45, 2.75) is 65.7 Å². The van der Waals surface area contributed by atoms with Crippen LogP contribution < -0.4 is 0 Å². The molecule has 0 spiro atoms. The van der Waals surface area contributed by atoms with E-state index in [1.165, 1.54) is 0 Å². The molecule has 0 fully saturated rings. The Morgan fingerprint density at radius 2 is 1.34 bits per heavy atom. The lowest BCUT2D eigenvalue weighted by Gasteiger charge is -2.23. The molecular formula is C22H28N4O6. The van der Waals surface area contributed by atoms with E-state index in [1.807, 2.05) is 30.3 Å². The van der Waals surface area contributed by atoms with Crippen molar-refractivity contribution < 1.29 is 28.6 Å². The first-order valence-corrected chi connectivity index (χ1v) is 9.89. The second kappa shape index (κ2) is 12.3. The van der Waals surface area contributed by atoms with Crippen molar-refractivity contribution in [2.24, 2.45) is 20.0 Å². The van der Waals surface area contributed by atoms with Crippen LogP contribution in [0.2, 0.25) is 0 Å². The highest BCUT2D eigenvalue weighted by Crippen LogP contribution is 2.18. The van der Waals surface area contributed by atoms with Crippen molar-refractivity contribution in [2.75, 3.05) is 6.61 Å². The molecule has 0 aliphatic rings. The van der Waals surface area contributed by atoms with Crippen molar-refractivity contribution in [1.29, 1.82) is 0 Å². The normalized spacial score (nSPS) is 10.7. The van der Waals surface area contributed by atoms with Crippen molar-refractivity contribution >= 4 is 30.3 Å². The fraction of sp³-hybridized carbons (Fsp3) is 0.500. The number of carbonyl (C=O) groups is 3. The van der Waals surface area contributed by atoms with E-state index in [1.54, 1.807) is 41.5 Å². The van der Waals surface area contributed by atoms with Gasteiger partial charge in [-0.1, -0.05) is 24.3 Å². The Morgan fingerprint density at radius 3 is 1.91 bits per heavy atom. The lowest BCUT2D eigenvalue weighted by Crippen LogP contribution is -2.29. The molecule has 32 heavy (non-hydrogen) atoms. The number of aliphatic imine (C=N–C) groups is 4. The van der Waals surface area contributed by atoms with Gasteiger partial charge in [-0.25, -0.2) is 19.4 Å². The summed E-state index contributed by atoms with van der Waals surface area (Å²) in [7, 11) is 0. The summed E-state index contributed by atoms with van der Waals surface area (Å²) in [5, 5.41) is 0. The summed E-state index contributed by atoms with van der Waals surface area (Å²) in [5.74, 6) is 0. The first-order chi connectivity index (χ1) is 14.9. The largest absolute Gasteiger partial charge is 0.448 e. The minimum Gasteiger partial charge on any atom is -0.448 e. The van der Waals surface area contributed by atoms with Crippen LogP contribution in [-0.2, 0) is 27.2 Å². The number of nitrogens with zero attached hydrogens (tertiary/aromatic N) is 4. The summed E-state index contributed by atoms with van der Waals surface area (Å²) in [4.78, 5) is 48.4. The molecular weight excluding hydrogens is 416 g/mol. The van der Waals surface area contributed by atoms with Crippen LogP contribution in [0, 0.1) is 0 Å². The number of benzene rings is 1. The highest BCUT2D eigenvalue weighted by molar-refractivity contribution is 5.81. The van der Waals surface area contributed by atoms with Crippen molar-refractivity contribution in [3.05, 3.63) is 35.4 Å². The van der Waals surface area contributed by atoms with E-state index >= 15 is 0 Å². The van der Waals surface area contributed by atoms with E-state index in [9.17, 15) is 14.4 Å². The van der Waals surface area contributed by atoms with Crippen LogP contribution in [0.1, 0.15) is 52.7 Å². The first-order valence-electron chi connectivity index (χ1n) is 9.89. The minimum absolute atomic E-state index is 0.239. The van der Waals surface area contributed by atoms with Crippen molar-refractivity contribution in [3.63, 3.8) is 0 Å². The quantitative estimate of drug-likeness (QED) is 0.444. The van der Waals surface area contributed by atoms with Gasteiger partial charge in [-0.2, -0.15) is 0 Å². The smallest absolute Gasteiger partial charge is 0.443 e. The van der Waals surface area contributed by atoms with E-state index in [0.29, 0.717) is 13.0 Å². The van der Waals surface area contributed by atoms with Crippen molar-refractivity contribution in [1.82, 2.24) is 0 Å². The molecule has 3 amide bonds. The van der Waals surface area contributed by atoms with Crippen LogP contribution in [0.4, 0.5) is 14.4 Å². The number of hydrogen-bond acceptors (Lipinski definition) is 7. The lowest BCUT2D eigenvalue weighted by molar-refractivity contribution is 0.0465. The maximum Gasteiger partial charge on any atom is 0.443 e. The molecule has 10 heteroatoms. The second-order valence-electron chi connectivity index (χ2n) is 8.15. The molecule has 0 heterocycles. The zero-order chi connectivity index (χ0) is 24.2. The molecule has 172 valence electrons. The monoisotopic (exact) mass is 444 g/mol. The van der Waals surface area contributed by atoms with Crippen molar-refractivity contribution in [3.8, 4) is 0 Å². The van der Waals surface area contributed by atoms with Gasteiger partial charge in [0, 0.05) is 6.42 Å². The third-order valence-corrected chi connectivity index (χ3v) is 3.43. The van der Waals surface area contributed by atoms with Crippen LogP contribution in [0.5, 0.6) is 0 Å². The molecule has 0 radical (unpaired) electrons. The molecule has 0 aromatic heterocycles. The second-order valence-corrected chi connectivity index (χ2v) is 8.15. The Bertz CT molecular complexity index is 932. The van der Waals surface area contributed by atoms with Gasteiger partial charge in [0.15, 0.2) is 0 Å². The molecule has 0 atom stereocenters. The third-order valence-electron chi connectivity index (χ3n) is 3.43. The van der Waals surface area contributed by atoms with Crippen LogP contribution in [0.3, 0.4) is 0 Å². The SMILES string of the molecule is CCOC(=O)N=C=NCc1ccc(CC(C)(C)OC(=O)N=C=NC(=O)OC(C)(C)C)cc1. The highest BCUT2D eigenvalue weighted by atomic mass is 16.6. The summed E-state index contributed by atoms with van der Waals surface area (Å²) in [6.07, 6.45) is -2.13. The summed E-state index contributed by atoms with van der Waals surface area (Å²) in [6, 6.07) is 11.7. The molecule has 0 unspecified atom stereocenters. The minimum atomic E-state index is -0.922. The van der Waals surface area contributed by atoms with Crippen LogP contribution in [-0.4, -0.2) is 48.1 Å².